The maximum Gasteiger partial charge on any atom is 0.210 e. The van der Waals surface area contributed by atoms with E-state index in [0.717, 1.165) is 43.5 Å². The molecule has 0 spiro atoms. The summed E-state index contributed by atoms with van der Waals surface area (Å²) in [6, 6.07) is 14.5. The van der Waals surface area contributed by atoms with Gasteiger partial charge in [0.05, 0.1) is 0 Å². The predicted molar refractivity (Wildman–Crippen MR) is 212 cm³/mol. The third-order valence-electron chi connectivity index (χ3n) is 10.3. The quantitative estimate of drug-likeness (QED) is 0.0678. The molecule has 0 radical (unpaired) electrons. The first-order valence-corrected chi connectivity index (χ1v) is 20.7. The molecule has 0 aliphatic carbocycles. The van der Waals surface area contributed by atoms with Gasteiger partial charge < -0.3 is 5.53 Å². The summed E-state index contributed by atoms with van der Waals surface area (Å²) in [4.78, 5) is 0. The van der Waals surface area contributed by atoms with E-state index >= 15 is 0 Å². The molecule has 2 heteroatoms. The number of aryl methyl sites for hydroxylation is 4. The average molecular weight is 653 g/mol. The minimum atomic E-state index is 0.967. The van der Waals surface area contributed by atoms with E-state index in [4.69, 9.17) is 0 Å². The maximum atomic E-state index is 12.1. The molecule has 0 unspecified atom stereocenters. The summed E-state index contributed by atoms with van der Waals surface area (Å²) in [7, 11) is 0. The molecular formula is C46H72N2. The Balaban J connectivity index is 1.93. The van der Waals surface area contributed by atoms with Crippen LogP contribution in [-0.2, 0) is 25.7 Å². The Morgan fingerprint density at radius 2 is 0.750 bits per heavy atom. The number of nitrogens with zero attached hydrogens (tertiary/aromatic N) is 2. The summed E-state index contributed by atoms with van der Waals surface area (Å²) in [5, 5.41) is 0. The van der Waals surface area contributed by atoms with E-state index in [1.807, 2.05) is 0 Å². The molecular weight excluding hydrogens is 581 g/mol. The topological polar surface area (TPSA) is 25.3 Å². The molecule has 2 aromatic carbocycles. The fourth-order valence-electron chi connectivity index (χ4n) is 7.36. The van der Waals surface area contributed by atoms with E-state index in [2.05, 4.69) is 77.1 Å². The molecule has 1 aliphatic heterocycles. The Morgan fingerprint density at radius 3 is 1.21 bits per heavy atom. The summed E-state index contributed by atoms with van der Waals surface area (Å²) in [6.07, 6.45) is 33.4. The second-order valence-corrected chi connectivity index (χ2v) is 14.8. The van der Waals surface area contributed by atoms with Crippen LogP contribution in [0.3, 0.4) is 0 Å². The van der Waals surface area contributed by atoms with Gasteiger partial charge in [0.15, 0.2) is 0 Å². The Labute approximate surface area is 297 Å². The van der Waals surface area contributed by atoms with Gasteiger partial charge in [0.25, 0.3) is 0 Å². The highest BCUT2D eigenvalue weighted by atomic mass is 15.2. The lowest BCUT2D eigenvalue weighted by Crippen LogP contribution is -2.05. The molecule has 2 nitrogen and oxygen atoms in total. The van der Waals surface area contributed by atoms with Crippen molar-refractivity contribution in [3.05, 3.63) is 87.0 Å². The molecule has 0 amide bonds. The number of allylic oxidation sites excluding steroid dienone is 2. The zero-order valence-corrected chi connectivity index (χ0v) is 32.1. The second-order valence-electron chi connectivity index (χ2n) is 14.8. The number of benzene rings is 2. The smallest absolute Gasteiger partial charge is 0.210 e. The van der Waals surface area contributed by atoms with Crippen molar-refractivity contribution in [2.45, 2.75) is 195 Å². The first kappa shape index (κ1) is 40.0. The van der Waals surface area contributed by atoms with E-state index in [0.29, 0.717) is 0 Å². The lowest BCUT2D eigenvalue weighted by atomic mass is 9.94. The largest absolute Gasteiger partial charge is 0.493 e. The molecule has 0 atom stereocenters. The van der Waals surface area contributed by atoms with E-state index in [1.165, 1.54) is 167 Å². The molecule has 1 heterocycles. The number of hydrogen-bond donors (Lipinski definition) is 0. The summed E-state index contributed by atoms with van der Waals surface area (Å²) >= 11 is 0. The van der Waals surface area contributed by atoms with Crippen molar-refractivity contribution in [1.29, 1.82) is 0 Å². The van der Waals surface area contributed by atoms with E-state index < -0.39 is 0 Å². The fourth-order valence-corrected chi connectivity index (χ4v) is 7.36. The van der Waals surface area contributed by atoms with Crippen LogP contribution in [0.25, 0.3) is 16.9 Å². The van der Waals surface area contributed by atoms with Crippen LogP contribution in [0.5, 0.6) is 0 Å². The minimum absolute atomic E-state index is 0.967. The number of rotatable bonds is 27. The van der Waals surface area contributed by atoms with Gasteiger partial charge in [-0.15, -0.1) is 0 Å². The molecule has 3 rings (SSSR count). The number of hydrogen-bond acceptors (Lipinski definition) is 0. The van der Waals surface area contributed by atoms with Gasteiger partial charge in [0.1, 0.15) is 0 Å². The van der Waals surface area contributed by atoms with Crippen LogP contribution in [0.2, 0.25) is 0 Å². The van der Waals surface area contributed by atoms with Gasteiger partial charge in [-0.1, -0.05) is 143 Å². The third-order valence-corrected chi connectivity index (χ3v) is 10.3. The fraction of sp³-hybridized carbons (Fsp3) is 0.652. The third kappa shape index (κ3) is 13.8. The first-order chi connectivity index (χ1) is 23.5. The van der Waals surface area contributed by atoms with Gasteiger partial charge in [-0.2, -0.15) is 0 Å². The van der Waals surface area contributed by atoms with Crippen LogP contribution in [0.1, 0.15) is 203 Å². The molecule has 0 N–H and O–H groups in total. The molecule has 2 aromatic rings. The van der Waals surface area contributed by atoms with Gasteiger partial charge in [0, 0.05) is 22.8 Å². The summed E-state index contributed by atoms with van der Waals surface area (Å²) < 4.78 is 1.58. The average Bonchev–Trinajstić information content (AvgIpc) is 3.43. The Morgan fingerprint density at radius 1 is 0.396 bits per heavy atom. The van der Waals surface area contributed by atoms with Crippen LogP contribution in [0.15, 0.2) is 48.0 Å². The molecule has 0 saturated carbocycles. The molecule has 266 valence electrons. The zero-order chi connectivity index (χ0) is 34.4. The van der Waals surface area contributed by atoms with Crippen molar-refractivity contribution in [1.82, 2.24) is 0 Å². The van der Waals surface area contributed by atoms with Crippen molar-refractivity contribution in [2.24, 2.45) is 0 Å². The van der Waals surface area contributed by atoms with Gasteiger partial charge in [0.2, 0.25) is 11.4 Å². The maximum absolute atomic E-state index is 12.1. The summed E-state index contributed by atoms with van der Waals surface area (Å²) in [5.41, 5.74) is 23.6. The molecule has 0 bridgehead atoms. The normalized spacial score (nSPS) is 13.2. The minimum Gasteiger partial charge on any atom is -0.493 e. The molecule has 48 heavy (non-hydrogen) atoms. The number of unbranched alkanes of at least 4 members (excludes halogenated alkanes) is 15. The molecule has 0 aromatic heterocycles. The van der Waals surface area contributed by atoms with Crippen LogP contribution >= 0.6 is 0 Å². The highest BCUT2D eigenvalue weighted by Gasteiger charge is 2.29. The highest BCUT2D eigenvalue weighted by Crippen LogP contribution is 2.39. The van der Waals surface area contributed by atoms with Crippen LogP contribution in [-0.4, -0.2) is 4.70 Å². The van der Waals surface area contributed by atoms with Crippen molar-refractivity contribution >= 4 is 11.4 Å². The molecule has 1 aliphatic rings. The van der Waals surface area contributed by atoms with E-state index in [9.17, 15) is 5.53 Å². The first-order valence-electron chi connectivity index (χ1n) is 20.7. The lowest BCUT2D eigenvalue weighted by Gasteiger charge is -2.15. The highest BCUT2D eigenvalue weighted by molar-refractivity contribution is 5.79. The Kier molecular flexibility index (Phi) is 19.8. The van der Waals surface area contributed by atoms with Gasteiger partial charge >= 0.3 is 0 Å². The van der Waals surface area contributed by atoms with E-state index in [1.54, 1.807) is 4.70 Å². The predicted octanol–water partition coefficient (Wildman–Crippen LogP) is 14.9. The van der Waals surface area contributed by atoms with Gasteiger partial charge in [-0.25, -0.2) is 4.70 Å². The van der Waals surface area contributed by atoms with Crippen molar-refractivity contribution in [3.63, 3.8) is 0 Å². The SMILES string of the molecule is CCCCCCCCc1cc(CCCC)cc(C2=CC(CCCCCC)=C(c3cc(CCCC)cc(CCCCCCCC)c3)[N+]2=[N-])c1. The standard InChI is InChI=1S/C46H72N2/c1-6-11-16-19-21-23-28-40-31-38(26-14-9-4)33-43(34-40)45-37-42(30-25-18-13-8-3)46(48(45)47)44-35-39(27-15-10-5)32-41(36-44)29-24-22-20-17-12-7-2/h31-37H,6-30H2,1-5H3. The van der Waals surface area contributed by atoms with Crippen LogP contribution in [0.4, 0.5) is 0 Å². The second kappa shape index (κ2) is 23.8. The summed E-state index contributed by atoms with van der Waals surface area (Å²) in [6.45, 7) is 11.4. The molecule has 0 fully saturated rings. The zero-order valence-electron chi connectivity index (χ0n) is 32.1. The van der Waals surface area contributed by atoms with Gasteiger partial charge in [-0.05, 0) is 111 Å². The van der Waals surface area contributed by atoms with E-state index in [-0.39, 0.29) is 0 Å². The van der Waals surface area contributed by atoms with Crippen LogP contribution in [0, 0.1) is 0 Å². The Bertz CT molecular complexity index is 1280. The van der Waals surface area contributed by atoms with Crippen molar-refractivity contribution in [3.8, 4) is 0 Å². The van der Waals surface area contributed by atoms with Crippen molar-refractivity contribution in [2.75, 3.05) is 0 Å². The van der Waals surface area contributed by atoms with Crippen LogP contribution < -0.4 is 0 Å². The monoisotopic (exact) mass is 653 g/mol. The Hall–Kier alpha value is -2.48. The van der Waals surface area contributed by atoms with Crippen molar-refractivity contribution < 1.29 is 4.70 Å². The summed E-state index contributed by atoms with van der Waals surface area (Å²) in [5.74, 6) is 0. The molecule has 0 saturated heterocycles. The van der Waals surface area contributed by atoms with Gasteiger partial charge in [-0.3, -0.25) is 0 Å². The lowest BCUT2D eigenvalue weighted by molar-refractivity contribution is -0.344.